The van der Waals surface area contributed by atoms with Crippen molar-refractivity contribution in [3.63, 3.8) is 0 Å². The normalized spacial score (nSPS) is 34.3. The summed E-state index contributed by atoms with van der Waals surface area (Å²) in [7, 11) is 6.08. The number of piperazine rings is 1. The van der Waals surface area contributed by atoms with Crippen molar-refractivity contribution in [1.29, 1.82) is 0 Å². The molecule has 148 valence electrons. The fraction of sp³-hybridized carbons (Fsp3) is 1.00. The number of rotatable bonds is 8. The van der Waals surface area contributed by atoms with Crippen LogP contribution < -0.4 is 5.32 Å². The van der Waals surface area contributed by atoms with Crippen molar-refractivity contribution in [2.24, 2.45) is 10.8 Å². The van der Waals surface area contributed by atoms with Gasteiger partial charge < -0.3 is 14.8 Å². The molecule has 5 nitrogen and oxygen atoms in total. The summed E-state index contributed by atoms with van der Waals surface area (Å²) in [5.41, 5.74) is 0.696. The fourth-order valence-electron chi connectivity index (χ4n) is 5.08. The van der Waals surface area contributed by atoms with Gasteiger partial charge in [-0.05, 0) is 44.2 Å². The SMILES string of the molecule is CNCC1(C)CC(OCC2CN(CCOC)CCN2C)CC(C)(C)C1. The van der Waals surface area contributed by atoms with Gasteiger partial charge in [-0.2, -0.15) is 0 Å². The number of hydrogen-bond donors (Lipinski definition) is 1. The summed E-state index contributed by atoms with van der Waals surface area (Å²) in [5, 5.41) is 3.39. The van der Waals surface area contributed by atoms with E-state index in [2.05, 4.69) is 50.0 Å². The lowest BCUT2D eigenvalue weighted by Gasteiger charge is -2.47. The zero-order valence-electron chi connectivity index (χ0n) is 17.4. The van der Waals surface area contributed by atoms with Crippen LogP contribution in [-0.2, 0) is 9.47 Å². The summed E-state index contributed by atoms with van der Waals surface area (Å²) in [6.45, 7) is 14.3. The third-order valence-corrected chi connectivity index (χ3v) is 6.01. The van der Waals surface area contributed by atoms with Gasteiger partial charge in [-0.15, -0.1) is 0 Å². The molecule has 0 spiro atoms. The molecule has 0 amide bonds. The lowest BCUT2D eigenvalue weighted by molar-refractivity contribution is -0.0763. The molecule has 1 N–H and O–H groups in total. The topological polar surface area (TPSA) is 37.0 Å². The molecule has 0 radical (unpaired) electrons. The number of hydrogen-bond acceptors (Lipinski definition) is 5. The van der Waals surface area contributed by atoms with Gasteiger partial charge >= 0.3 is 0 Å². The molecular formula is C20H41N3O2. The molecule has 2 fully saturated rings. The Bertz CT molecular complexity index is 402. The number of nitrogens with zero attached hydrogens (tertiary/aromatic N) is 2. The van der Waals surface area contributed by atoms with Gasteiger partial charge in [-0.1, -0.05) is 20.8 Å². The van der Waals surface area contributed by atoms with E-state index in [0.29, 0.717) is 23.0 Å². The van der Waals surface area contributed by atoms with Gasteiger partial charge in [0, 0.05) is 45.9 Å². The molecule has 1 aliphatic carbocycles. The average molecular weight is 356 g/mol. The van der Waals surface area contributed by atoms with Gasteiger partial charge in [0.25, 0.3) is 0 Å². The van der Waals surface area contributed by atoms with E-state index in [1.54, 1.807) is 7.11 Å². The van der Waals surface area contributed by atoms with Crippen LogP contribution in [0.15, 0.2) is 0 Å². The lowest BCUT2D eigenvalue weighted by Crippen LogP contribution is -2.54. The Kier molecular flexibility index (Phi) is 7.71. The molecule has 0 aromatic rings. The van der Waals surface area contributed by atoms with Crippen LogP contribution in [0.5, 0.6) is 0 Å². The molecule has 0 aromatic heterocycles. The highest BCUT2D eigenvalue weighted by Gasteiger charge is 2.41. The van der Waals surface area contributed by atoms with Crippen LogP contribution >= 0.6 is 0 Å². The minimum Gasteiger partial charge on any atom is -0.383 e. The van der Waals surface area contributed by atoms with Crippen molar-refractivity contribution in [2.75, 3.05) is 67.1 Å². The van der Waals surface area contributed by atoms with E-state index >= 15 is 0 Å². The lowest BCUT2D eigenvalue weighted by atomic mass is 9.63. The summed E-state index contributed by atoms with van der Waals surface area (Å²) in [6.07, 6.45) is 4.00. The summed E-state index contributed by atoms with van der Waals surface area (Å²) in [4.78, 5) is 4.97. The van der Waals surface area contributed by atoms with Crippen LogP contribution in [0.2, 0.25) is 0 Å². The van der Waals surface area contributed by atoms with Crippen LogP contribution in [-0.4, -0.2) is 89.1 Å². The molecule has 25 heavy (non-hydrogen) atoms. The van der Waals surface area contributed by atoms with Crippen LogP contribution in [0.1, 0.15) is 40.0 Å². The Morgan fingerprint density at radius 1 is 1.16 bits per heavy atom. The van der Waals surface area contributed by atoms with E-state index in [0.717, 1.165) is 45.9 Å². The third kappa shape index (κ3) is 6.47. The maximum absolute atomic E-state index is 6.50. The van der Waals surface area contributed by atoms with E-state index in [9.17, 15) is 0 Å². The molecule has 1 saturated heterocycles. The second-order valence-electron chi connectivity index (χ2n) is 9.47. The van der Waals surface area contributed by atoms with Gasteiger partial charge in [0.2, 0.25) is 0 Å². The van der Waals surface area contributed by atoms with Crippen LogP contribution in [0.3, 0.4) is 0 Å². The summed E-state index contributed by atoms with van der Waals surface area (Å²) in [6, 6.07) is 0.492. The Balaban J connectivity index is 1.87. The van der Waals surface area contributed by atoms with Gasteiger partial charge in [0.15, 0.2) is 0 Å². The summed E-state index contributed by atoms with van der Waals surface area (Å²) < 4.78 is 11.7. The Hall–Kier alpha value is -0.200. The van der Waals surface area contributed by atoms with Crippen molar-refractivity contribution in [1.82, 2.24) is 15.1 Å². The molecule has 0 bridgehead atoms. The van der Waals surface area contributed by atoms with Gasteiger partial charge in [-0.3, -0.25) is 9.80 Å². The maximum Gasteiger partial charge on any atom is 0.0637 e. The van der Waals surface area contributed by atoms with Crippen molar-refractivity contribution >= 4 is 0 Å². The van der Waals surface area contributed by atoms with Crippen LogP contribution in [0, 0.1) is 10.8 Å². The van der Waals surface area contributed by atoms with E-state index in [1.807, 2.05) is 0 Å². The van der Waals surface area contributed by atoms with E-state index in [-0.39, 0.29) is 0 Å². The van der Waals surface area contributed by atoms with Crippen molar-refractivity contribution < 1.29 is 9.47 Å². The van der Waals surface area contributed by atoms with Gasteiger partial charge in [0.05, 0.1) is 19.3 Å². The van der Waals surface area contributed by atoms with E-state index in [4.69, 9.17) is 9.47 Å². The Morgan fingerprint density at radius 2 is 1.92 bits per heavy atom. The molecule has 1 aliphatic heterocycles. The Morgan fingerprint density at radius 3 is 2.60 bits per heavy atom. The van der Waals surface area contributed by atoms with Crippen molar-refractivity contribution in [3.8, 4) is 0 Å². The predicted molar refractivity (Wildman–Crippen MR) is 104 cm³/mol. The first-order chi connectivity index (χ1) is 11.8. The monoisotopic (exact) mass is 355 g/mol. The smallest absolute Gasteiger partial charge is 0.0637 e. The largest absolute Gasteiger partial charge is 0.383 e. The molecule has 3 unspecified atom stereocenters. The second-order valence-corrected chi connectivity index (χ2v) is 9.47. The highest BCUT2D eigenvalue weighted by molar-refractivity contribution is 4.93. The molecule has 2 rings (SSSR count). The van der Waals surface area contributed by atoms with E-state index in [1.165, 1.54) is 19.3 Å². The zero-order chi connectivity index (χ0) is 18.5. The molecule has 1 saturated carbocycles. The van der Waals surface area contributed by atoms with Gasteiger partial charge in [0.1, 0.15) is 0 Å². The first kappa shape index (κ1) is 21.1. The van der Waals surface area contributed by atoms with E-state index < -0.39 is 0 Å². The molecule has 3 atom stereocenters. The molecule has 5 heteroatoms. The first-order valence-electron chi connectivity index (χ1n) is 9.95. The molecule has 0 aromatic carbocycles. The number of ether oxygens (including phenoxy) is 2. The molecular weight excluding hydrogens is 314 g/mol. The Labute approximate surface area is 155 Å². The van der Waals surface area contributed by atoms with Crippen LogP contribution in [0.4, 0.5) is 0 Å². The quantitative estimate of drug-likeness (QED) is 0.721. The first-order valence-corrected chi connectivity index (χ1v) is 9.95. The van der Waals surface area contributed by atoms with Crippen molar-refractivity contribution in [3.05, 3.63) is 0 Å². The predicted octanol–water partition coefficient (Wildman–Crippen LogP) is 2.07. The minimum absolute atomic E-state index is 0.337. The highest BCUT2D eigenvalue weighted by Crippen LogP contribution is 2.46. The van der Waals surface area contributed by atoms with Crippen molar-refractivity contribution in [2.45, 2.75) is 52.2 Å². The minimum atomic E-state index is 0.337. The standard InChI is InChI=1S/C20H41N3O2/c1-19(2)11-18(12-20(3,15-19)16-21-4)25-14-17-13-23(9-10-24-6)8-7-22(17)5/h17-18,21H,7-16H2,1-6H3. The number of likely N-dealkylation sites (N-methyl/N-ethyl adjacent to an activating group) is 1. The highest BCUT2D eigenvalue weighted by atomic mass is 16.5. The van der Waals surface area contributed by atoms with Crippen LogP contribution in [0.25, 0.3) is 0 Å². The number of nitrogens with one attached hydrogen (secondary N) is 1. The zero-order valence-corrected chi connectivity index (χ0v) is 17.4. The summed E-state index contributed by atoms with van der Waals surface area (Å²) >= 11 is 0. The molecule has 2 aliphatic rings. The van der Waals surface area contributed by atoms with Gasteiger partial charge in [-0.25, -0.2) is 0 Å². The third-order valence-electron chi connectivity index (χ3n) is 6.01. The fourth-order valence-corrected chi connectivity index (χ4v) is 5.08. The number of methoxy groups -OCH3 is 1. The maximum atomic E-state index is 6.50. The molecule has 1 heterocycles. The average Bonchev–Trinajstić information content (AvgIpc) is 2.51. The summed E-state index contributed by atoms with van der Waals surface area (Å²) in [5.74, 6) is 0. The second kappa shape index (κ2) is 9.14.